The number of nitrogens with zero attached hydrogens (tertiary/aromatic N) is 2. The van der Waals surface area contributed by atoms with E-state index < -0.39 is 9.84 Å². The van der Waals surface area contributed by atoms with E-state index in [4.69, 9.17) is 5.73 Å². The van der Waals surface area contributed by atoms with Gasteiger partial charge in [-0.3, -0.25) is 0 Å². The minimum atomic E-state index is -3.16. The number of sulfone groups is 1. The van der Waals surface area contributed by atoms with Crippen molar-refractivity contribution in [2.75, 3.05) is 6.26 Å². The second-order valence-electron chi connectivity index (χ2n) is 3.88. The molecule has 0 fully saturated rings. The van der Waals surface area contributed by atoms with Gasteiger partial charge in [-0.25, -0.2) is 18.4 Å². The highest BCUT2D eigenvalue weighted by molar-refractivity contribution is 7.99. The fourth-order valence-corrected chi connectivity index (χ4v) is 2.79. The van der Waals surface area contributed by atoms with Gasteiger partial charge in [-0.15, -0.1) is 0 Å². The zero-order chi connectivity index (χ0) is 13.9. The smallest absolute Gasteiger partial charge is 0.192 e. The predicted octanol–water partition coefficient (Wildman–Crippen LogP) is 1.49. The van der Waals surface area contributed by atoms with E-state index in [2.05, 4.69) is 9.97 Å². The average Bonchev–Trinajstić information content (AvgIpc) is 2.38. The van der Waals surface area contributed by atoms with Crippen molar-refractivity contribution in [3.63, 3.8) is 0 Å². The average molecular weight is 295 g/mol. The lowest BCUT2D eigenvalue weighted by atomic mass is 10.4. The van der Waals surface area contributed by atoms with Crippen molar-refractivity contribution in [2.24, 2.45) is 5.73 Å². The van der Waals surface area contributed by atoms with Crippen LogP contribution in [-0.2, 0) is 16.4 Å². The number of benzene rings is 1. The molecular formula is C12H13N3O2S2. The summed E-state index contributed by atoms with van der Waals surface area (Å²) < 4.78 is 22.7. The molecule has 0 unspecified atom stereocenters. The van der Waals surface area contributed by atoms with E-state index >= 15 is 0 Å². The van der Waals surface area contributed by atoms with Gasteiger partial charge in [0.15, 0.2) is 15.0 Å². The zero-order valence-electron chi connectivity index (χ0n) is 10.3. The highest BCUT2D eigenvalue weighted by Gasteiger charge is 2.07. The summed E-state index contributed by atoms with van der Waals surface area (Å²) in [6.45, 7) is 0.364. The second-order valence-corrected chi connectivity index (χ2v) is 6.94. The summed E-state index contributed by atoms with van der Waals surface area (Å²) in [6.07, 6.45) is 2.84. The van der Waals surface area contributed by atoms with Crippen LogP contribution in [0, 0.1) is 0 Å². The number of rotatable bonds is 4. The first-order chi connectivity index (χ1) is 8.99. The minimum Gasteiger partial charge on any atom is -0.325 e. The maximum absolute atomic E-state index is 11.3. The van der Waals surface area contributed by atoms with Gasteiger partial charge in [-0.2, -0.15) is 0 Å². The Kier molecular flexibility index (Phi) is 4.18. The molecule has 1 aromatic carbocycles. The van der Waals surface area contributed by atoms with E-state index in [0.29, 0.717) is 16.6 Å². The third-order valence-corrected chi connectivity index (χ3v) is 4.38. The molecule has 0 aliphatic rings. The van der Waals surface area contributed by atoms with Crippen LogP contribution >= 0.6 is 11.8 Å². The summed E-state index contributed by atoms with van der Waals surface area (Å²) in [4.78, 5) is 9.57. The molecule has 2 rings (SSSR count). The molecule has 0 aliphatic carbocycles. The van der Waals surface area contributed by atoms with Crippen molar-refractivity contribution < 1.29 is 8.42 Å². The van der Waals surface area contributed by atoms with Crippen LogP contribution in [0.5, 0.6) is 0 Å². The molecule has 0 bridgehead atoms. The van der Waals surface area contributed by atoms with Gasteiger partial charge in [-0.05, 0) is 42.1 Å². The summed E-state index contributed by atoms with van der Waals surface area (Å²) in [5, 5.41) is 0.593. The summed E-state index contributed by atoms with van der Waals surface area (Å²) in [7, 11) is -3.16. The van der Waals surface area contributed by atoms with Gasteiger partial charge >= 0.3 is 0 Å². The summed E-state index contributed by atoms with van der Waals surface area (Å²) in [5.41, 5.74) is 6.28. The van der Waals surface area contributed by atoms with E-state index in [-0.39, 0.29) is 0 Å². The Balaban J connectivity index is 2.19. The first-order valence-corrected chi connectivity index (χ1v) is 8.20. The minimum absolute atomic E-state index is 0.300. The lowest BCUT2D eigenvalue weighted by molar-refractivity contribution is 0.602. The molecule has 0 radical (unpaired) electrons. The van der Waals surface area contributed by atoms with Crippen molar-refractivity contribution in [2.45, 2.75) is 21.5 Å². The van der Waals surface area contributed by atoms with Gasteiger partial charge in [0.2, 0.25) is 0 Å². The van der Waals surface area contributed by atoms with Gasteiger partial charge in [-0.1, -0.05) is 0 Å². The van der Waals surface area contributed by atoms with E-state index in [1.807, 2.05) is 0 Å². The van der Waals surface area contributed by atoms with Gasteiger partial charge < -0.3 is 5.73 Å². The van der Waals surface area contributed by atoms with Gasteiger partial charge in [0, 0.05) is 23.9 Å². The summed E-state index contributed by atoms with van der Waals surface area (Å²) in [6, 6.07) is 8.38. The van der Waals surface area contributed by atoms with E-state index in [1.54, 1.807) is 36.5 Å². The van der Waals surface area contributed by atoms with Gasteiger partial charge in [0.25, 0.3) is 0 Å². The first-order valence-electron chi connectivity index (χ1n) is 5.49. The molecule has 7 heteroatoms. The Hall–Kier alpha value is -1.44. The maximum atomic E-state index is 11.3. The quantitative estimate of drug-likeness (QED) is 0.860. The van der Waals surface area contributed by atoms with Crippen LogP contribution in [0.1, 0.15) is 5.69 Å². The van der Waals surface area contributed by atoms with Crippen LogP contribution in [0.3, 0.4) is 0 Å². The maximum Gasteiger partial charge on any atom is 0.192 e. The topological polar surface area (TPSA) is 85.9 Å². The molecule has 0 spiro atoms. The molecule has 0 saturated heterocycles. The summed E-state index contributed by atoms with van der Waals surface area (Å²) in [5.74, 6) is 0. The lowest BCUT2D eigenvalue weighted by Crippen LogP contribution is -2.00. The first kappa shape index (κ1) is 14.0. The molecular weight excluding hydrogens is 282 g/mol. The van der Waals surface area contributed by atoms with Gasteiger partial charge in [0.1, 0.15) is 0 Å². The molecule has 0 aliphatic heterocycles. The van der Waals surface area contributed by atoms with Crippen LogP contribution in [0.25, 0.3) is 0 Å². The Morgan fingerprint density at radius 2 is 1.89 bits per heavy atom. The molecule has 0 atom stereocenters. The Bertz CT molecular complexity index is 670. The van der Waals surface area contributed by atoms with Gasteiger partial charge in [0.05, 0.1) is 10.6 Å². The predicted molar refractivity (Wildman–Crippen MR) is 73.6 cm³/mol. The molecule has 19 heavy (non-hydrogen) atoms. The Labute approximate surface area is 116 Å². The van der Waals surface area contributed by atoms with Crippen LogP contribution in [-0.4, -0.2) is 24.6 Å². The second kappa shape index (κ2) is 5.68. The van der Waals surface area contributed by atoms with E-state index in [0.717, 1.165) is 10.6 Å². The number of hydrogen-bond acceptors (Lipinski definition) is 6. The fraction of sp³-hybridized carbons (Fsp3) is 0.167. The zero-order valence-corrected chi connectivity index (χ0v) is 11.9. The van der Waals surface area contributed by atoms with Crippen LogP contribution < -0.4 is 5.73 Å². The van der Waals surface area contributed by atoms with Crippen LogP contribution in [0.2, 0.25) is 0 Å². The van der Waals surface area contributed by atoms with E-state index in [1.165, 1.54) is 18.0 Å². The van der Waals surface area contributed by atoms with Crippen molar-refractivity contribution in [3.05, 3.63) is 42.2 Å². The Morgan fingerprint density at radius 3 is 2.47 bits per heavy atom. The molecule has 1 heterocycles. The van der Waals surface area contributed by atoms with Crippen molar-refractivity contribution in [1.82, 2.24) is 9.97 Å². The van der Waals surface area contributed by atoms with E-state index in [9.17, 15) is 8.42 Å². The highest BCUT2D eigenvalue weighted by Crippen LogP contribution is 2.25. The SMILES string of the molecule is CS(=O)(=O)c1ccc(Sc2nccc(CN)n2)cc1. The van der Waals surface area contributed by atoms with Crippen LogP contribution in [0.15, 0.2) is 51.5 Å². The molecule has 5 nitrogen and oxygen atoms in total. The monoisotopic (exact) mass is 295 g/mol. The molecule has 0 amide bonds. The molecule has 1 aromatic heterocycles. The normalized spacial score (nSPS) is 11.5. The standard InChI is InChI=1S/C12H13N3O2S2/c1-19(16,17)11-4-2-10(3-5-11)18-12-14-7-6-9(8-13)15-12/h2-7H,8,13H2,1H3. The number of hydrogen-bond donors (Lipinski definition) is 1. The fourth-order valence-electron chi connectivity index (χ4n) is 1.40. The lowest BCUT2D eigenvalue weighted by Gasteiger charge is -2.03. The largest absolute Gasteiger partial charge is 0.325 e. The Morgan fingerprint density at radius 1 is 1.21 bits per heavy atom. The van der Waals surface area contributed by atoms with Crippen molar-refractivity contribution in [3.8, 4) is 0 Å². The molecule has 2 N–H and O–H groups in total. The molecule has 100 valence electrons. The number of nitrogens with two attached hydrogens (primary N) is 1. The third-order valence-electron chi connectivity index (χ3n) is 2.36. The number of aromatic nitrogens is 2. The highest BCUT2D eigenvalue weighted by atomic mass is 32.2. The molecule has 0 saturated carbocycles. The van der Waals surface area contributed by atoms with Crippen molar-refractivity contribution >= 4 is 21.6 Å². The summed E-state index contributed by atoms with van der Waals surface area (Å²) >= 11 is 1.36. The van der Waals surface area contributed by atoms with Crippen molar-refractivity contribution in [1.29, 1.82) is 0 Å². The third kappa shape index (κ3) is 3.76. The van der Waals surface area contributed by atoms with Crippen LogP contribution in [0.4, 0.5) is 0 Å². The molecule has 2 aromatic rings.